The second-order valence-corrected chi connectivity index (χ2v) is 5.80. The molecule has 1 amide bonds. The van der Waals surface area contributed by atoms with Crippen LogP contribution in [0, 0.1) is 10.1 Å². The van der Waals surface area contributed by atoms with Gasteiger partial charge in [-0.3, -0.25) is 14.9 Å². The van der Waals surface area contributed by atoms with E-state index >= 15 is 0 Å². The highest BCUT2D eigenvalue weighted by Gasteiger charge is 2.26. The standard InChI is InChI=1S/C16H21N3O5/c1-11(20)17(2)12-6-8-18(9-7-12)13-4-5-15(19(22)23)14(10-13)16(21)24-3/h4-5,10,12H,6-9H2,1-3H3. The van der Waals surface area contributed by atoms with Crippen LogP contribution in [0.15, 0.2) is 18.2 Å². The summed E-state index contributed by atoms with van der Waals surface area (Å²) in [6.45, 7) is 2.97. The van der Waals surface area contributed by atoms with Crippen molar-refractivity contribution in [2.75, 3.05) is 32.1 Å². The minimum absolute atomic E-state index is 0.0387. The van der Waals surface area contributed by atoms with Gasteiger partial charge in [-0.2, -0.15) is 0 Å². The third-order valence-electron chi connectivity index (χ3n) is 4.46. The molecule has 0 bridgehead atoms. The van der Waals surface area contributed by atoms with E-state index in [-0.39, 0.29) is 23.2 Å². The monoisotopic (exact) mass is 335 g/mol. The first-order chi connectivity index (χ1) is 11.3. The predicted molar refractivity (Wildman–Crippen MR) is 88.1 cm³/mol. The summed E-state index contributed by atoms with van der Waals surface area (Å²) in [6.07, 6.45) is 1.61. The molecule has 24 heavy (non-hydrogen) atoms. The molecule has 8 nitrogen and oxygen atoms in total. The number of nitrogens with zero attached hydrogens (tertiary/aromatic N) is 3. The van der Waals surface area contributed by atoms with Crippen molar-refractivity contribution in [1.82, 2.24) is 4.90 Å². The smallest absolute Gasteiger partial charge is 0.344 e. The van der Waals surface area contributed by atoms with Crippen LogP contribution in [0.1, 0.15) is 30.1 Å². The predicted octanol–water partition coefficient (Wildman–Crippen LogP) is 1.83. The highest BCUT2D eigenvalue weighted by Crippen LogP contribution is 2.28. The van der Waals surface area contributed by atoms with Crippen molar-refractivity contribution in [3.8, 4) is 0 Å². The Kier molecular flexibility index (Phi) is 5.38. The van der Waals surface area contributed by atoms with Crippen LogP contribution in [0.3, 0.4) is 0 Å². The van der Waals surface area contributed by atoms with Crippen molar-refractivity contribution in [2.24, 2.45) is 0 Å². The number of ether oxygens (including phenoxy) is 1. The lowest BCUT2D eigenvalue weighted by molar-refractivity contribution is -0.385. The van der Waals surface area contributed by atoms with Crippen LogP contribution in [0.5, 0.6) is 0 Å². The molecule has 0 aromatic heterocycles. The van der Waals surface area contributed by atoms with E-state index in [9.17, 15) is 19.7 Å². The van der Waals surface area contributed by atoms with Gasteiger partial charge in [0.05, 0.1) is 12.0 Å². The zero-order valence-corrected chi connectivity index (χ0v) is 14.0. The summed E-state index contributed by atoms with van der Waals surface area (Å²) in [5.74, 6) is -0.688. The third-order valence-corrected chi connectivity index (χ3v) is 4.46. The molecule has 0 N–H and O–H groups in total. The zero-order chi connectivity index (χ0) is 17.9. The first kappa shape index (κ1) is 17.7. The normalized spacial score (nSPS) is 15.0. The molecular weight excluding hydrogens is 314 g/mol. The molecule has 0 saturated carbocycles. The van der Waals surface area contributed by atoms with Gasteiger partial charge in [-0.25, -0.2) is 4.79 Å². The highest BCUT2D eigenvalue weighted by molar-refractivity contribution is 5.95. The van der Waals surface area contributed by atoms with E-state index in [0.717, 1.165) is 18.5 Å². The zero-order valence-electron chi connectivity index (χ0n) is 14.0. The number of rotatable bonds is 4. The summed E-state index contributed by atoms with van der Waals surface area (Å²) in [4.78, 5) is 37.5. The van der Waals surface area contributed by atoms with Crippen LogP contribution in [-0.4, -0.2) is 55.0 Å². The Morgan fingerprint density at radius 3 is 2.46 bits per heavy atom. The first-order valence-corrected chi connectivity index (χ1v) is 7.70. The number of hydrogen-bond acceptors (Lipinski definition) is 6. The van der Waals surface area contributed by atoms with E-state index in [1.54, 1.807) is 24.9 Å². The van der Waals surface area contributed by atoms with E-state index in [0.29, 0.717) is 13.1 Å². The summed E-state index contributed by atoms with van der Waals surface area (Å²) < 4.78 is 4.64. The van der Waals surface area contributed by atoms with Crippen LogP contribution in [0.2, 0.25) is 0 Å². The Labute approximate surface area is 140 Å². The molecule has 130 valence electrons. The van der Waals surface area contributed by atoms with Gasteiger partial charge in [-0.1, -0.05) is 0 Å². The van der Waals surface area contributed by atoms with Gasteiger partial charge in [-0.15, -0.1) is 0 Å². The molecule has 0 radical (unpaired) electrons. The number of carbonyl (C=O) groups excluding carboxylic acids is 2. The average molecular weight is 335 g/mol. The lowest BCUT2D eigenvalue weighted by atomic mass is 10.0. The molecule has 2 rings (SSSR count). The van der Waals surface area contributed by atoms with Gasteiger partial charge in [0.15, 0.2) is 0 Å². The van der Waals surface area contributed by atoms with Crippen LogP contribution >= 0.6 is 0 Å². The number of piperidine rings is 1. The Hall–Kier alpha value is -2.64. The van der Waals surface area contributed by atoms with Crippen molar-refractivity contribution in [1.29, 1.82) is 0 Å². The van der Waals surface area contributed by atoms with E-state index in [1.807, 2.05) is 0 Å². The van der Waals surface area contributed by atoms with Crippen LogP contribution < -0.4 is 4.90 Å². The summed E-state index contributed by atoms with van der Waals surface area (Å²) in [7, 11) is 2.99. The number of anilines is 1. The molecule has 1 aliphatic rings. The molecule has 0 unspecified atom stereocenters. The minimum atomic E-state index is -0.727. The molecule has 1 fully saturated rings. The molecule has 1 aromatic carbocycles. The molecule has 0 spiro atoms. The fourth-order valence-electron chi connectivity index (χ4n) is 2.92. The van der Waals surface area contributed by atoms with Crippen LogP contribution in [-0.2, 0) is 9.53 Å². The van der Waals surface area contributed by atoms with Gasteiger partial charge in [0.25, 0.3) is 5.69 Å². The molecule has 0 atom stereocenters. The van der Waals surface area contributed by atoms with Crippen molar-refractivity contribution >= 4 is 23.3 Å². The van der Waals surface area contributed by atoms with E-state index < -0.39 is 10.9 Å². The summed E-state index contributed by atoms with van der Waals surface area (Å²) >= 11 is 0. The number of nitro benzene ring substituents is 1. The van der Waals surface area contributed by atoms with Gasteiger partial charge in [0.1, 0.15) is 5.56 Å². The van der Waals surface area contributed by atoms with Gasteiger partial charge >= 0.3 is 5.97 Å². The fraction of sp³-hybridized carbons (Fsp3) is 0.500. The summed E-state index contributed by atoms with van der Waals surface area (Å²) in [5, 5.41) is 11.1. The van der Waals surface area contributed by atoms with Crippen LogP contribution in [0.4, 0.5) is 11.4 Å². The van der Waals surface area contributed by atoms with E-state index in [1.165, 1.54) is 19.2 Å². The molecular formula is C16H21N3O5. The van der Waals surface area contributed by atoms with Crippen LogP contribution in [0.25, 0.3) is 0 Å². The lowest BCUT2D eigenvalue weighted by Gasteiger charge is -2.37. The maximum absolute atomic E-state index is 11.8. The fourth-order valence-corrected chi connectivity index (χ4v) is 2.92. The second kappa shape index (κ2) is 7.29. The number of methoxy groups -OCH3 is 1. The molecule has 1 saturated heterocycles. The number of carbonyl (C=O) groups is 2. The minimum Gasteiger partial charge on any atom is -0.465 e. The molecule has 1 heterocycles. The number of hydrogen-bond donors (Lipinski definition) is 0. The van der Waals surface area contributed by atoms with Crippen molar-refractivity contribution < 1.29 is 19.2 Å². The summed E-state index contributed by atoms with van der Waals surface area (Å²) in [5.41, 5.74) is 0.421. The number of nitro groups is 1. The molecule has 1 aromatic rings. The maximum Gasteiger partial charge on any atom is 0.344 e. The SMILES string of the molecule is COC(=O)c1cc(N2CCC(N(C)C(C)=O)CC2)ccc1[N+](=O)[O-]. The number of amides is 1. The van der Waals surface area contributed by atoms with E-state index in [4.69, 9.17) is 0 Å². The Morgan fingerprint density at radius 1 is 1.33 bits per heavy atom. The maximum atomic E-state index is 11.8. The Morgan fingerprint density at radius 2 is 1.96 bits per heavy atom. The number of esters is 1. The van der Waals surface area contributed by atoms with Crippen molar-refractivity contribution in [3.63, 3.8) is 0 Å². The first-order valence-electron chi connectivity index (χ1n) is 7.70. The molecule has 1 aliphatic heterocycles. The van der Waals surface area contributed by atoms with Gasteiger partial charge in [0.2, 0.25) is 5.91 Å². The molecule has 8 heteroatoms. The second-order valence-electron chi connectivity index (χ2n) is 5.80. The largest absolute Gasteiger partial charge is 0.465 e. The third kappa shape index (κ3) is 3.64. The lowest BCUT2D eigenvalue weighted by Crippen LogP contribution is -2.45. The number of benzene rings is 1. The average Bonchev–Trinajstić information content (AvgIpc) is 2.59. The van der Waals surface area contributed by atoms with Crippen molar-refractivity contribution in [3.05, 3.63) is 33.9 Å². The van der Waals surface area contributed by atoms with Gasteiger partial charge < -0.3 is 14.5 Å². The highest BCUT2D eigenvalue weighted by atomic mass is 16.6. The molecule has 0 aliphatic carbocycles. The summed E-state index contributed by atoms with van der Waals surface area (Å²) in [6, 6.07) is 4.66. The Bertz CT molecular complexity index is 653. The van der Waals surface area contributed by atoms with Gasteiger partial charge in [-0.05, 0) is 25.0 Å². The van der Waals surface area contributed by atoms with E-state index in [2.05, 4.69) is 9.64 Å². The quantitative estimate of drug-likeness (QED) is 0.473. The van der Waals surface area contributed by atoms with Gasteiger partial charge in [0, 0.05) is 44.9 Å². The Balaban J connectivity index is 2.18. The topological polar surface area (TPSA) is 93.0 Å². The van der Waals surface area contributed by atoms with Crippen molar-refractivity contribution in [2.45, 2.75) is 25.8 Å².